The van der Waals surface area contributed by atoms with Crippen LogP contribution in [0.2, 0.25) is 0 Å². The van der Waals surface area contributed by atoms with E-state index >= 15 is 0 Å². The van der Waals surface area contributed by atoms with Crippen LogP contribution in [0.25, 0.3) is 0 Å². The molecule has 9 nitrogen and oxygen atoms in total. The molecule has 0 fully saturated rings. The van der Waals surface area contributed by atoms with E-state index in [0.29, 0.717) is 18.0 Å². The van der Waals surface area contributed by atoms with Gasteiger partial charge in [0.15, 0.2) is 11.5 Å². The van der Waals surface area contributed by atoms with Crippen LogP contribution in [0.3, 0.4) is 0 Å². The van der Waals surface area contributed by atoms with Gasteiger partial charge >= 0.3 is 0 Å². The van der Waals surface area contributed by atoms with Crippen LogP contribution >= 0.6 is 0 Å². The highest BCUT2D eigenvalue weighted by atomic mass is 32.2. The van der Waals surface area contributed by atoms with Gasteiger partial charge in [-0.25, -0.2) is 8.42 Å². The first-order chi connectivity index (χ1) is 16.9. The number of nitrogens with zero attached hydrogens (tertiary/aromatic N) is 2. The summed E-state index contributed by atoms with van der Waals surface area (Å²) in [7, 11) is -0.929. The topological polar surface area (TPSA) is 105 Å². The Morgan fingerprint density at radius 1 is 0.972 bits per heavy atom. The van der Waals surface area contributed by atoms with Crippen molar-refractivity contribution in [3.05, 3.63) is 53.6 Å². The molecule has 0 saturated heterocycles. The van der Waals surface area contributed by atoms with Gasteiger partial charge in [-0.2, -0.15) is 0 Å². The fraction of sp³-hybridized carbons (Fsp3) is 0.462. The molecular formula is C26H37N3O6S. The Labute approximate surface area is 214 Å². The molecule has 2 aromatic carbocycles. The largest absolute Gasteiger partial charge is 0.493 e. The molecule has 36 heavy (non-hydrogen) atoms. The summed E-state index contributed by atoms with van der Waals surface area (Å²) in [6.07, 6.45) is 1.03. The SMILES string of the molecule is COc1ccc(N(CC(=O)N(Cc2ccc(C)cc2)[C@@H](C)C(=O)NCC(C)C)S(C)(=O)=O)cc1OC. The zero-order valence-electron chi connectivity index (χ0n) is 22.1. The van der Waals surface area contributed by atoms with Crippen molar-refractivity contribution in [1.29, 1.82) is 0 Å². The Bertz CT molecular complexity index is 1150. The second-order valence-electron chi connectivity index (χ2n) is 9.13. The maximum absolute atomic E-state index is 13.6. The number of hydrogen-bond donors (Lipinski definition) is 1. The molecule has 0 aromatic heterocycles. The number of benzene rings is 2. The number of methoxy groups -OCH3 is 2. The molecule has 0 bridgehead atoms. The Morgan fingerprint density at radius 2 is 1.58 bits per heavy atom. The van der Waals surface area contributed by atoms with Crippen LogP contribution < -0.4 is 19.1 Å². The number of carbonyl (C=O) groups excluding carboxylic acids is 2. The second-order valence-corrected chi connectivity index (χ2v) is 11.0. The summed E-state index contributed by atoms with van der Waals surface area (Å²) < 4.78 is 37.0. The van der Waals surface area contributed by atoms with Crippen LogP contribution in [-0.2, 0) is 26.2 Å². The summed E-state index contributed by atoms with van der Waals surface area (Å²) in [6.45, 7) is 7.70. The van der Waals surface area contributed by atoms with Crippen LogP contribution in [0.1, 0.15) is 31.9 Å². The lowest BCUT2D eigenvalue weighted by Gasteiger charge is -2.31. The first-order valence-electron chi connectivity index (χ1n) is 11.7. The van der Waals surface area contributed by atoms with Gasteiger partial charge in [-0.1, -0.05) is 43.7 Å². The fourth-order valence-corrected chi connectivity index (χ4v) is 4.36. The lowest BCUT2D eigenvalue weighted by atomic mass is 10.1. The molecule has 0 unspecified atom stereocenters. The van der Waals surface area contributed by atoms with Crippen molar-refractivity contribution < 1.29 is 27.5 Å². The third kappa shape index (κ3) is 7.87. The predicted molar refractivity (Wildman–Crippen MR) is 141 cm³/mol. The first kappa shape index (κ1) is 29.0. The van der Waals surface area contributed by atoms with E-state index in [1.165, 1.54) is 25.2 Å². The van der Waals surface area contributed by atoms with Gasteiger partial charge in [-0.15, -0.1) is 0 Å². The highest BCUT2D eigenvalue weighted by molar-refractivity contribution is 7.92. The van der Waals surface area contributed by atoms with E-state index in [2.05, 4.69) is 5.32 Å². The minimum Gasteiger partial charge on any atom is -0.493 e. The van der Waals surface area contributed by atoms with Gasteiger partial charge in [-0.05, 0) is 37.5 Å². The average Bonchev–Trinajstić information content (AvgIpc) is 2.83. The maximum atomic E-state index is 13.6. The van der Waals surface area contributed by atoms with E-state index < -0.39 is 28.5 Å². The Kier molecular flexibility index (Phi) is 10.2. The standard InChI is InChI=1S/C26H37N3O6S/c1-18(2)15-27-26(31)20(4)28(16-21-10-8-19(3)9-11-21)25(30)17-29(36(7,32)33)22-12-13-23(34-5)24(14-22)35-6/h8-14,18,20H,15-17H2,1-7H3,(H,27,31)/t20-/m0/s1. The van der Waals surface area contributed by atoms with Crippen LogP contribution in [0, 0.1) is 12.8 Å². The highest BCUT2D eigenvalue weighted by Gasteiger charge is 2.30. The third-order valence-corrected chi connectivity index (χ3v) is 6.80. The van der Waals surface area contributed by atoms with E-state index in [9.17, 15) is 18.0 Å². The normalized spacial score (nSPS) is 12.1. The Hall–Kier alpha value is -3.27. The van der Waals surface area contributed by atoms with Crippen molar-refractivity contribution in [2.24, 2.45) is 5.92 Å². The van der Waals surface area contributed by atoms with E-state index in [-0.39, 0.29) is 24.1 Å². The smallest absolute Gasteiger partial charge is 0.244 e. The van der Waals surface area contributed by atoms with Crippen molar-refractivity contribution >= 4 is 27.5 Å². The predicted octanol–water partition coefficient (Wildman–Crippen LogP) is 2.97. The monoisotopic (exact) mass is 519 g/mol. The molecule has 2 rings (SSSR count). The summed E-state index contributed by atoms with van der Waals surface area (Å²) in [6, 6.07) is 11.4. The van der Waals surface area contributed by atoms with E-state index in [4.69, 9.17) is 9.47 Å². The van der Waals surface area contributed by atoms with Crippen molar-refractivity contribution in [1.82, 2.24) is 10.2 Å². The lowest BCUT2D eigenvalue weighted by molar-refractivity contribution is -0.139. The van der Waals surface area contributed by atoms with Crippen LogP contribution in [-0.4, -0.2) is 64.7 Å². The number of carbonyl (C=O) groups is 2. The van der Waals surface area contributed by atoms with Crippen molar-refractivity contribution in [2.45, 2.75) is 40.3 Å². The maximum Gasteiger partial charge on any atom is 0.244 e. The van der Waals surface area contributed by atoms with Crippen molar-refractivity contribution in [3.8, 4) is 11.5 Å². The number of sulfonamides is 1. The summed E-state index contributed by atoms with van der Waals surface area (Å²) in [5.74, 6) is 0.184. The minimum atomic E-state index is -3.85. The molecule has 198 valence electrons. The summed E-state index contributed by atoms with van der Waals surface area (Å²) in [5.41, 5.74) is 2.14. The van der Waals surface area contributed by atoms with Crippen LogP contribution in [0.15, 0.2) is 42.5 Å². The van der Waals surface area contributed by atoms with E-state index in [1.54, 1.807) is 19.1 Å². The molecule has 0 spiro atoms. The molecule has 0 heterocycles. The molecule has 0 radical (unpaired) electrons. The van der Waals surface area contributed by atoms with Gasteiger partial charge in [0.1, 0.15) is 12.6 Å². The molecule has 0 aliphatic heterocycles. The first-order valence-corrected chi connectivity index (χ1v) is 13.5. The van der Waals surface area contributed by atoms with Gasteiger partial charge in [0.05, 0.1) is 26.2 Å². The van der Waals surface area contributed by atoms with Gasteiger partial charge in [0.2, 0.25) is 21.8 Å². The number of ether oxygens (including phenoxy) is 2. The zero-order valence-corrected chi connectivity index (χ0v) is 22.9. The molecule has 0 aliphatic rings. The molecule has 0 saturated carbocycles. The molecule has 0 aliphatic carbocycles. The van der Waals surface area contributed by atoms with Crippen molar-refractivity contribution in [3.63, 3.8) is 0 Å². The summed E-state index contributed by atoms with van der Waals surface area (Å²) in [5, 5.41) is 2.86. The molecule has 10 heteroatoms. The minimum absolute atomic E-state index is 0.152. The van der Waals surface area contributed by atoms with Crippen LogP contribution in [0.5, 0.6) is 11.5 Å². The molecule has 2 aromatic rings. The number of rotatable bonds is 12. The highest BCUT2D eigenvalue weighted by Crippen LogP contribution is 2.32. The fourth-order valence-electron chi connectivity index (χ4n) is 3.52. The van der Waals surface area contributed by atoms with Crippen LogP contribution in [0.4, 0.5) is 5.69 Å². The molecule has 2 amide bonds. The number of nitrogens with one attached hydrogen (secondary N) is 1. The molecular weight excluding hydrogens is 482 g/mol. The zero-order chi connectivity index (χ0) is 27.0. The number of aryl methyl sites for hydroxylation is 1. The average molecular weight is 520 g/mol. The van der Waals surface area contributed by atoms with Gasteiger partial charge in [0, 0.05) is 19.2 Å². The third-order valence-electron chi connectivity index (χ3n) is 5.66. The number of anilines is 1. The van der Waals surface area contributed by atoms with Gasteiger partial charge < -0.3 is 19.7 Å². The lowest BCUT2D eigenvalue weighted by Crippen LogP contribution is -2.51. The molecule has 1 atom stereocenters. The Balaban J connectivity index is 2.41. The molecule has 1 N–H and O–H groups in total. The van der Waals surface area contributed by atoms with E-state index in [1.807, 2.05) is 45.0 Å². The Morgan fingerprint density at radius 3 is 2.11 bits per heavy atom. The van der Waals surface area contributed by atoms with E-state index in [0.717, 1.165) is 21.7 Å². The summed E-state index contributed by atoms with van der Waals surface area (Å²) >= 11 is 0. The second kappa shape index (κ2) is 12.6. The van der Waals surface area contributed by atoms with Crippen molar-refractivity contribution in [2.75, 3.05) is 37.9 Å². The quantitative estimate of drug-likeness (QED) is 0.462. The number of hydrogen-bond acceptors (Lipinski definition) is 6. The summed E-state index contributed by atoms with van der Waals surface area (Å²) in [4.78, 5) is 27.9. The number of amides is 2. The van der Waals surface area contributed by atoms with Gasteiger partial charge in [0.25, 0.3) is 0 Å². The van der Waals surface area contributed by atoms with Gasteiger partial charge in [-0.3, -0.25) is 13.9 Å².